The lowest BCUT2D eigenvalue weighted by molar-refractivity contribution is 0.0765. The standard InChI is InChI=1S/C17H26N2OS/c1-5-18-15-12-13(2)6-7-14(15)16(20)19-9-8-17(3,4)21-11-10-19/h6-7,12,18H,5,8-11H2,1-4H3. The second-order valence-electron chi connectivity index (χ2n) is 6.23. The van der Waals surface area contributed by atoms with Gasteiger partial charge in [0, 0.05) is 35.8 Å². The minimum Gasteiger partial charge on any atom is -0.385 e. The number of amides is 1. The number of carbonyl (C=O) groups is 1. The predicted octanol–water partition coefficient (Wildman–Crippen LogP) is 3.78. The number of carbonyl (C=O) groups excluding carboxylic acids is 1. The van der Waals surface area contributed by atoms with E-state index in [1.807, 2.05) is 28.8 Å². The third-order valence-corrected chi connectivity index (χ3v) is 5.27. The molecule has 4 heteroatoms. The van der Waals surface area contributed by atoms with E-state index in [9.17, 15) is 4.79 Å². The van der Waals surface area contributed by atoms with Crippen LogP contribution in [-0.2, 0) is 0 Å². The van der Waals surface area contributed by atoms with Gasteiger partial charge in [0.2, 0.25) is 0 Å². The molecule has 1 N–H and O–H groups in total. The summed E-state index contributed by atoms with van der Waals surface area (Å²) in [5.41, 5.74) is 2.93. The van der Waals surface area contributed by atoms with Gasteiger partial charge in [-0.15, -0.1) is 0 Å². The normalized spacial score (nSPS) is 18.2. The first-order chi connectivity index (χ1) is 9.93. The highest BCUT2D eigenvalue weighted by Crippen LogP contribution is 2.31. The molecule has 1 aliphatic rings. The van der Waals surface area contributed by atoms with Crippen LogP contribution in [0.2, 0.25) is 0 Å². The minimum absolute atomic E-state index is 0.157. The van der Waals surface area contributed by atoms with Crippen molar-refractivity contribution in [1.82, 2.24) is 4.90 Å². The molecule has 1 heterocycles. The van der Waals surface area contributed by atoms with Crippen LogP contribution in [0.1, 0.15) is 43.1 Å². The molecule has 1 saturated heterocycles. The molecule has 0 radical (unpaired) electrons. The highest BCUT2D eigenvalue weighted by molar-refractivity contribution is 8.00. The van der Waals surface area contributed by atoms with E-state index in [0.29, 0.717) is 0 Å². The number of rotatable bonds is 3. The molecule has 1 aromatic rings. The Morgan fingerprint density at radius 1 is 1.38 bits per heavy atom. The van der Waals surface area contributed by atoms with Gasteiger partial charge in [-0.3, -0.25) is 4.79 Å². The molecule has 1 aliphatic heterocycles. The number of thioether (sulfide) groups is 1. The number of nitrogens with zero attached hydrogens (tertiary/aromatic N) is 1. The van der Waals surface area contributed by atoms with Crippen molar-refractivity contribution in [2.24, 2.45) is 0 Å². The topological polar surface area (TPSA) is 32.3 Å². The molecule has 1 amide bonds. The maximum atomic E-state index is 12.8. The number of benzene rings is 1. The van der Waals surface area contributed by atoms with Crippen LogP contribution in [0.5, 0.6) is 0 Å². The van der Waals surface area contributed by atoms with Crippen LogP contribution in [0.3, 0.4) is 0 Å². The second-order valence-corrected chi connectivity index (χ2v) is 8.03. The lowest BCUT2D eigenvalue weighted by Crippen LogP contribution is -2.34. The van der Waals surface area contributed by atoms with Crippen molar-refractivity contribution < 1.29 is 4.79 Å². The van der Waals surface area contributed by atoms with Crippen LogP contribution < -0.4 is 5.32 Å². The van der Waals surface area contributed by atoms with E-state index < -0.39 is 0 Å². The van der Waals surface area contributed by atoms with Crippen molar-refractivity contribution in [1.29, 1.82) is 0 Å². The SMILES string of the molecule is CCNc1cc(C)ccc1C(=O)N1CCSC(C)(C)CC1. The molecule has 116 valence electrons. The number of hydrogen-bond donors (Lipinski definition) is 1. The summed E-state index contributed by atoms with van der Waals surface area (Å²) in [5, 5.41) is 3.32. The Bertz CT molecular complexity index is 514. The zero-order valence-electron chi connectivity index (χ0n) is 13.5. The van der Waals surface area contributed by atoms with Crippen LogP contribution in [-0.4, -0.2) is 40.9 Å². The lowest BCUT2D eigenvalue weighted by atomic mass is 10.1. The third-order valence-electron chi connectivity index (χ3n) is 3.90. The number of aryl methyl sites for hydroxylation is 1. The van der Waals surface area contributed by atoms with Gasteiger partial charge >= 0.3 is 0 Å². The summed E-state index contributed by atoms with van der Waals surface area (Å²) in [6.07, 6.45) is 1.05. The van der Waals surface area contributed by atoms with E-state index in [1.165, 1.54) is 5.56 Å². The zero-order valence-corrected chi connectivity index (χ0v) is 14.3. The maximum Gasteiger partial charge on any atom is 0.255 e. The van der Waals surface area contributed by atoms with Crippen LogP contribution in [0.25, 0.3) is 0 Å². The molecule has 1 fully saturated rings. The van der Waals surface area contributed by atoms with Gasteiger partial charge < -0.3 is 10.2 Å². The Kier molecular flexibility index (Phi) is 5.20. The number of nitrogens with one attached hydrogen (secondary N) is 1. The molecule has 0 bridgehead atoms. The molecule has 0 aliphatic carbocycles. The summed E-state index contributed by atoms with van der Waals surface area (Å²) in [4.78, 5) is 14.9. The van der Waals surface area contributed by atoms with Crippen LogP contribution in [0, 0.1) is 6.92 Å². The third kappa shape index (κ3) is 4.16. The average Bonchev–Trinajstić information content (AvgIpc) is 2.60. The first-order valence-corrected chi connectivity index (χ1v) is 8.69. The van der Waals surface area contributed by atoms with Gasteiger partial charge in [-0.2, -0.15) is 11.8 Å². The Labute approximate surface area is 132 Å². The summed E-state index contributed by atoms with van der Waals surface area (Å²) < 4.78 is 0.271. The Hall–Kier alpha value is -1.16. The largest absolute Gasteiger partial charge is 0.385 e. The van der Waals surface area contributed by atoms with Crippen molar-refractivity contribution >= 4 is 23.4 Å². The van der Waals surface area contributed by atoms with Gasteiger partial charge in [-0.25, -0.2) is 0 Å². The summed E-state index contributed by atoms with van der Waals surface area (Å²) >= 11 is 1.96. The number of hydrogen-bond acceptors (Lipinski definition) is 3. The monoisotopic (exact) mass is 306 g/mol. The van der Waals surface area contributed by atoms with E-state index in [2.05, 4.69) is 39.1 Å². The summed E-state index contributed by atoms with van der Waals surface area (Å²) in [6, 6.07) is 6.04. The smallest absolute Gasteiger partial charge is 0.255 e. The molecule has 0 atom stereocenters. The molecule has 0 saturated carbocycles. The Balaban J connectivity index is 2.19. The second kappa shape index (κ2) is 6.73. The van der Waals surface area contributed by atoms with Crippen molar-refractivity contribution in [3.05, 3.63) is 29.3 Å². The molecule has 0 spiro atoms. The van der Waals surface area contributed by atoms with Gasteiger partial charge in [-0.05, 0) is 38.0 Å². The van der Waals surface area contributed by atoms with Crippen molar-refractivity contribution in [3.8, 4) is 0 Å². The van der Waals surface area contributed by atoms with Gasteiger partial charge in [0.05, 0.1) is 5.56 Å². The van der Waals surface area contributed by atoms with Crippen molar-refractivity contribution in [2.75, 3.05) is 30.7 Å². The summed E-state index contributed by atoms with van der Waals surface area (Å²) in [7, 11) is 0. The first kappa shape index (κ1) is 16.2. The predicted molar refractivity (Wildman–Crippen MR) is 92.4 cm³/mol. The molecular weight excluding hydrogens is 280 g/mol. The average molecular weight is 306 g/mol. The van der Waals surface area contributed by atoms with Gasteiger partial charge in [0.25, 0.3) is 5.91 Å². The Morgan fingerprint density at radius 2 is 2.14 bits per heavy atom. The van der Waals surface area contributed by atoms with Crippen LogP contribution in [0.15, 0.2) is 18.2 Å². The van der Waals surface area contributed by atoms with E-state index in [0.717, 1.165) is 43.1 Å². The molecule has 3 nitrogen and oxygen atoms in total. The highest BCUT2D eigenvalue weighted by atomic mass is 32.2. The summed E-state index contributed by atoms with van der Waals surface area (Å²) in [5.74, 6) is 1.17. The lowest BCUT2D eigenvalue weighted by Gasteiger charge is -2.24. The molecule has 1 aromatic carbocycles. The van der Waals surface area contributed by atoms with E-state index in [-0.39, 0.29) is 10.7 Å². The van der Waals surface area contributed by atoms with Crippen molar-refractivity contribution in [3.63, 3.8) is 0 Å². The van der Waals surface area contributed by atoms with E-state index in [1.54, 1.807) is 0 Å². The fourth-order valence-corrected chi connectivity index (χ4v) is 3.67. The minimum atomic E-state index is 0.157. The van der Waals surface area contributed by atoms with Gasteiger partial charge in [0.1, 0.15) is 0 Å². The van der Waals surface area contributed by atoms with Gasteiger partial charge in [-0.1, -0.05) is 19.9 Å². The molecule has 0 aromatic heterocycles. The van der Waals surface area contributed by atoms with E-state index in [4.69, 9.17) is 0 Å². The van der Waals surface area contributed by atoms with Crippen LogP contribution in [0.4, 0.5) is 5.69 Å². The Morgan fingerprint density at radius 3 is 2.86 bits per heavy atom. The fraction of sp³-hybridized carbons (Fsp3) is 0.588. The maximum absolute atomic E-state index is 12.8. The fourth-order valence-electron chi connectivity index (χ4n) is 2.58. The van der Waals surface area contributed by atoms with Crippen LogP contribution >= 0.6 is 11.8 Å². The molecular formula is C17H26N2OS. The van der Waals surface area contributed by atoms with Crippen molar-refractivity contribution in [2.45, 2.75) is 38.9 Å². The van der Waals surface area contributed by atoms with E-state index >= 15 is 0 Å². The number of anilines is 1. The van der Waals surface area contributed by atoms with Gasteiger partial charge in [0.15, 0.2) is 0 Å². The molecule has 0 unspecified atom stereocenters. The molecule has 2 rings (SSSR count). The first-order valence-electron chi connectivity index (χ1n) is 7.71. The quantitative estimate of drug-likeness (QED) is 0.922. The summed E-state index contributed by atoms with van der Waals surface area (Å²) in [6.45, 7) is 11.2. The molecule has 21 heavy (non-hydrogen) atoms. The zero-order chi connectivity index (χ0) is 15.5. The highest BCUT2D eigenvalue weighted by Gasteiger charge is 2.27.